The van der Waals surface area contributed by atoms with E-state index in [-0.39, 0.29) is 0 Å². The summed E-state index contributed by atoms with van der Waals surface area (Å²) in [4.78, 5) is 11.1. The van der Waals surface area contributed by atoms with Crippen molar-refractivity contribution in [3.05, 3.63) is 51.4 Å². The SMILES string of the molecule is Cc1sc2ncnc(SCc3nnc(-c4ccccc4Br)o3)c2c1C. The molecule has 0 saturated carbocycles. The molecule has 0 aliphatic rings. The van der Waals surface area contributed by atoms with E-state index in [9.17, 15) is 0 Å². The topological polar surface area (TPSA) is 64.7 Å². The van der Waals surface area contributed by atoms with Gasteiger partial charge < -0.3 is 4.42 Å². The first kappa shape index (κ1) is 16.7. The number of rotatable bonds is 4. The van der Waals surface area contributed by atoms with E-state index in [2.05, 4.69) is 49.9 Å². The molecule has 25 heavy (non-hydrogen) atoms. The van der Waals surface area contributed by atoms with Gasteiger partial charge in [-0.05, 0) is 47.5 Å². The van der Waals surface area contributed by atoms with Gasteiger partial charge in [-0.25, -0.2) is 9.97 Å². The van der Waals surface area contributed by atoms with E-state index in [0.717, 1.165) is 25.3 Å². The largest absolute Gasteiger partial charge is 0.420 e. The number of nitrogens with zero attached hydrogens (tertiary/aromatic N) is 4. The molecule has 3 heterocycles. The van der Waals surface area contributed by atoms with Gasteiger partial charge in [0, 0.05) is 14.7 Å². The van der Waals surface area contributed by atoms with Crippen molar-refractivity contribution < 1.29 is 4.42 Å². The summed E-state index contributed by atoms with van der Waals surface area (Å²) in [5, 5.41) is 10.4. The fraction of sp³-hybridized carbons (Fsp3) is 0.176. The van der Waals surface area contributed by atoms with Crippen LogP contribution in [0.5, 0.6) is 0 Å². The third-order valence-corrected chi connectivity index (χ3v) is 6.62. The maximum absolute atomic E-state index is 5.81. The van der Waals surface area contributed by atoms with Gasteiger partial charge in [-0.1, -0.05) is 23.9 Å². The highest BCUT2D eigenvalue weighted by Gasteiger charge is 2.15. The molecule has 0 atom stereocenters. The lowest BCUT2D eigenvalue weighted by Crippen LogP contribution is -1.87. The first-order valence-corrected chi connectivity index (χ1v) is 10.1. The Morgan fingerprint density at radius 3 is 2.84 bits per heavy atom. The monoisotopic (exact) mass is 432 g/mol. The number of aromatic nitrogens is 4. The fourth-order valence-corrected chi connectivity index (χ4v) is 4.85. The van der Waals surface area contributed by atoms with E-state index < -0.39 is 0 Å². The first-order valence-electron chi connectivity index (χ1n) is 7.54. The number of hydrogen-bond acceptors (Lipinski definition) is 7. The van der Waals surface area contributed by atoms with Crippen molar-refractivity contribution in [2.24, 2.45) is 0 Å². The van der Waals surface area contributed by atoms with Crippen molar-refractivity contribution in [3.63, 3.8) is 0 Å². The van der Waals surface area contributed by atoms with Gasteiger partial charge in [-0.15, -0.1) is 21.5 Å². The third-order valence-electron chi connectivity index (χ3n) is 3.83. The van der Waals surface area contributed by atoms with Crippen molar-refractivity contribution in [2.45, 2.75) is 24.6 Å². The molecule has 0 radical (unpaired) electrons. The van der Waals surface area contributed by atoms with Crippen LogP contribution in [0.2, 0.25) is 0 Å². The van der Waals surface area contributed by atoms with Crippen LogP contribution in [0.3, 0.4) is 0 Å². The van der Waals surface area contributed by atoms with Crippen molar-refractivity contribution in [2.75, 3.05) is 0 Å². The molecule has 0 bridgehead atoms. The van der Waals surface area contributed by atoms with Crippen LogP contribution in [0.1, 0.15) is 16.3 Å². The third kappa shape index (κ3) is 3.21. The van der Waals surface area contributed by atoms with Crippen molar-refractivity contribution in [3.8, 4) is 11.5 Å². The van der Waals surface area contributed by atoms with E-state index >= 15 is 0 Å². The van der Waals surface area contributed by atoms with E-state index in [4.69, 9.17) is 4.42 Å². The minimum absolute atomic E-state index is 0.512. The molecule has 0 spiro atoms. The Labute approximate surface area is 161 Å². The van der Waals surface area contributed by atoms with Gasteiger partial charge in [-0.2, -0.15) is 0 Å². The van der Waals surface area contributed by atoms with Crippen molar-refractivity contribution >= 4 is 49.2 Å². The second-order valence-electron chi connectivity index (χ2n) is 5.41. The number of thioether (sulfide) groups is 1. The highest BCUT2D eigenvalue weighted by atomic mass is 79.9. The lowest BCUT2D eigenvalue weighted by molar-refractivity contribution is 0.528. The molecular formula is C17H13BrN4OS2. The van der Waals surface area contributed by atoms with Crippen LogP contribution in [0, 0.1) is 13.8 Å². The van der Waals surface area contributed by atoms with Crippen LogP contribution >= 0.6 is 39.0 Å². The fourth-order valence-electron chi connectivity index (χ4n) is 2.45. The second kappa shape index (κ2) is 6.86. The van der Waals surface area contributed by atoms with E-state index in [1.807, 2.05) is 24.3 Å². The molecule has 0 saturated heterocycles. The van der Waals surface area contributed by atoms with Gasteiger partial charge in [0.25, 0.3) is 0 Å². The standard InChI is InChI=1S/C17H13BrN4OS2/c1-9-10(2)25-17-14(9)16(19-8-20-17)24-7-13-21-22-15(23-13)11-5-3-4-6-12(11)18/h3-6,8H,7H2,1-2H3. The normalized spacial score (nSPS) is 11.3. The van der Waals surface area contributed by atoms with Crippen molar-refractivity contribution in [1.29, 1.82) is 0 Å². The number of hydrogen-bond donors (Lipinski definition) is 0. The zero-order valence-corrected chi connectivity index (χ0v) is 16.7. The smallest absolute Gasteiger partial charge is 0.248 e. The average Bonchev–Trinajstić information content (AvgIpc) is 3.19. The van der Waals surface area contributed by atoms with Crippen LogP contribution in [-0.4, -0.2) is 20.2 Å². The molecular weight excluding hydrogens is 420 g/mol. The van der Waals surface area contributed by atoms with Gasteiger partial charge >= 0.3 is 0 Å². The molecule has 0 unspecified atom stereocenters. The Balaban J connectivity index is 1.58. The molecule has 0 aliphatic carbocycles. The maximum atomic E-state index is 5.81. The Bertz CT molecular complexity index is 1060. The summed E-state index contributed by atoms with van der Waals surface area (Å²) in [6.45, 7) is 4.22. The summed E-state index contributed by atoms with van der Waals surface area (Å²) >= 11 is 6.79. The van der Waals surface area contributed by atoms with Gasteiger partial charge in [0.2, 0.25) is 11.8 Å². The van der Waals surface area contributed by atoms with E-state index in [1.54, 1.807) is 29.4 Å². The van der Waals surface area contributed by atoms with Gasteiger partial charge in [0.15, 0.2) is 0 Å². The Hall–Kier alpha value is -1.77. The molecule has 0 aliphatic heterocycles. The van der Waals surface area contributed by atoms with Crippen LogP contribution in [0.25, 0.3) is 21.7 Å². The maximum Gasteiger partial charge on any atom is 0.248 e. The minimum atomic E-state index is 0.512. The van der Waals surface area contributed by atoms with Gasteiger partial charge in [-0.3, -0.25) is 0 Å². The Morgan fingerprint density at radius 2 is 2.00 bits per heavy atom. The molecule has 0 N–H and O–H groups in total. The number of fused-ring (bicyclic) bond motifs is 1. The number of benzene rings is 1. The average molecular weight is 433 g/mol. The summed E-state index contributed by atoms with van der Waals surface area (Å²) in [5.74, 6) is 1.66. The summed E-state index contributed by atoms with van der Waals surface area (Å²) < 4.78 is 6.74. The Morgan fingerprint density at radius 1 is 1.16 bits per heavy atom. The first-order chi connectivity index (χ1) is 12.1. The zero-order chi connectivity index (χ0) is 17.4. The zero-order valence-electron chi connectivity index (χ0n) is 13.5. The molecule has 126 valence electrons. The molecule has 5 nitrogen and oxygen atoms in total. The molecule has 4 aromatic rings. The van der Waals surface area contributed by atoms with Crippen LogP contribution < -0.4 is 0 Å². The van der Waals surface area contributed by atoms with Crippen LogP contribution in [-0.2, 0) is 5.75 Å². The molecule has 1 aromatic carbocycles. The summed E-state index contributed by atoms with van der Waals surface area (Å²) in [7, 11) is 0. The summed E-state index contributed by atoms with van der Waals surface area (Å²) in [5.41, 5.74) is 2.13. The molecule has 0 fully saturated rings. The highest BCUT2D eigenvalue weighted by Crippen LogP contribution is 2.35. The predicted octanol–water partition coefficient (Wildman–Crippen LogP) is 5.41. The number of thiophene rings is 1. The molecule has 8 heteroatoms. The van der Waals surface area contributed by atoms with Crippen molar-refractivity contribution in [1.82, 2.24) is 20.2 Å². The highest BCUT2D eigenvalue weighted by molar-refractivity contribution is 9.10. The molecule has 3 aromatic heterocycles. The lowest BCUT2D eigenvalue weighted by atomic mass is 10.2. The summed E-state index contributed by atoms with van der Waals surface area (Å²) in [6.07, 6.45) is 1.61. The molecule has 4 rings (SSSR count). The van der Waals surface area contributed by atoms with Gasteiger partial charge in [0.05, 0.1) is 11.3 Å². The van der Waals surface area contributed by atoms with Crippen LogP contribution in [0.15, 0.2) is 44.5 Å². The van der Waals surface area contributed by atoms with E-state index in [1.165, 1.54) is 10.4 Å². The van der Waals surface area contributed by atoms with E-state index in [0.29, 0.717) is 17.5 Å². The number of aryl methyl sites for hydroxylation is 2. The lowest BCUT2D eigenvalue weighted by Gasteiger charge is -2.01. The molecule has 0 amide bonds. The minimum Gasteiger partial charge on any atom is -0.420 e. The second-order valence-corrected chi connectivity index (χ2v) is 8.43. The van der Waals surface area contributed by atoms with Gasteiger partial charge in [0.1, 0.15) is 16.2 Å². The summed E-state index contributed by atoms with van der Waals surface area (Å²) in [6, 6.07) is 7.79. The number of halogens is 1. The van der Waals surface area contributed by atoms with Crippen LogP contribution in [0.4, 0.5) is 0 Å². The quantitative estimate of drug-likeness (QED) is 0.317. The predicted molar refractivity (Wildman–Crippen MR) is 104 cm³/mol. The Kier molecular flexibility index (Phi) is 4.58.